The molecular weight excluding hydrogens is 314 g/mol. The number of nitrogens with two attached hydrogens (primary N) is 1. The Balaban J connectivity index is 1.68. The van der Waals surface area contributed by atoms with E-state index < -0.39 is 5.91 Å². The molecular formula is C15H23N5O2S. The summed E-state index contributed by atoms with van der Waals surface area (Å²) >= 11 is 1.46. The lowest BCUT2D eigenvalue weighted by Crippen LogP contribution is -2.57. The highest BCUT2D eigenvalue weighted by Crippen LogP contribution is 2.34. The van der Waals surface area contributed by atoms with E-state index in [-0.39, 0.29) is 5.91 Å². The molecule has 0 saturated carbocycles. The topological polar surface area (TPSA) is 91.6 Å². The van der Waals surface area contributed by atoms with Crippen molar-refractivity contribution < 1.29 is 9.59 Å². The molecule has 1 aromatic heterocycles. The fraction of sp³-hybridized carbons (Fsp3) is 0.667. The van der Waals surface area contributed by atoms with Gasteiger partial charge in [0.15, 0.2) is 5.13 Å². The molecule has 3 rings (SSSR count). The first kappa shape index (κ1) is 16.2. The standard InChI is InChI=1S/C15H23N5O2S/c1-17-5-7-20-12-4-6-19(8-10(12)2-3-13(20)21)15-18-11(9-23-15)14(16)22/h9-10,12,17H,2-8H2,1H3,(H2,16,22)/t10-,12+/m0/s1. The fourth-order valence-corrected chi connectivity index (χ4v) is 4.42. The maximum atomic E-state index is 12.2. The quantitative estimate of drug-likeness (QED) is 0.805. The van der Waals surface area contributed by atoms with E-state index in [1.165, 1.54) is 11.3 Å². The number of carbonyl (C=O) groups is 2. The van der Waals surface area contributed by atoms with E-state index in [9.17, 15) is 9.59 Å². The number of thiazole rings is 1. The van der Waals surface area contributed by atoms with Crippen molar-refractivity contribution in [3.63, 3.8) is 0 Å². The van der Waals surface area contributed by atoms with E-state index in [0.717, 1.165) is 44.2 Å². The van der Waals surface area contributed by atoms with Crippen LogP contribution in [-0.4, -0.2) is 61.0 Å². The second kappa shape index (κ2) is 6.84. The number of primary amides is 1. The van der Waals surface area contributed by atoms with Gasteiger partial charge in [-0.25, -0.2) is 4.98 Å². The van der Waals surface area contributed by atoms with Crippen molar-refractivity contribution >= 4 is 28.3 Å². The minimum atomic E-state index is -0.483. The van der Waals surface area contributed by atoms with Crippen molar-refractivity contribution in [3.8, 4) is 0 Å². The van der Waals surface area contributed by atoms with E-state index in [4.69, 9.17) is 5.73 Å². The van der Waals surface area contributed by atoms with E-state index in [2.05, 4.69) is 20.1 Å². The summed E-state index contributed by atoms with van der Waals surface area (Å²) in [5, 5.41) is 5.70. The van der Waals surface area contributed by atoms with Crippen LogP contribution in [0.15, 0.2) is 5.38 Å². The first-order valence-corrected chi connectivity index (χ1v) is 8.92. The summed E-state index contributed by atoms with van der Waals surface area (Å²) in [5.74, 6) is 0.267. The minimum Gasteiger partial charge on any atom is -0.364 e. The predicted octanol–water partition coefficient (Wildman–Crippen LogP) is 0.279. The highest BCUT2D eigenvalue weighted by molar-refractivity contribution is 7.13. The van der Waals surface area contributed by atoms with Crippen LogP contribution in [0.5, 0.6) is 0 Å². The number of hydrogen-bond acceptors (Lipinski definition) is 6. The Morgan fingerprint density at radius 2 is 2.35 bits per heavy atom. The number of piperidine rings is 2. The van der Waals surface area contributed by atoms with E-state index in [0.29, 0.717) is 24.1 Å². The number of aromatic nitrogens is 1. The molecule has 2 saturated heterocycles. The van der Waals surface area contributed by atoms with Gasteiger partial charge in [-0.15, -0.1) is 11.3 Å². The fourth-order valence-electron chi connectivity index (χ4n) is 3.57. The van der Waals surface area contributed by atoms with Gasteiger partial charge in [-0.3, -0.25) is 9.59 Å². The third kappa shape index (κ3) is 3.32. The maximum absolute atomic E-state index is 12.2. The van der Waals surface area contributed by atoms with Gasteiger partial charge in [0.2, 0.25) is 5.91 Å². The van der Waals surface area contributed by atoms with Crippen LogP contribution in [0.1, 0.15) is 29.8 Å². The molecule has 0 spiro atoms. The second-order valence-corrected chi connectivity index (χ2v) is 7.01. The van der Waals surface area contributed by atoms with Crippen LogP contribution in [0.25, 0.3) is 0 Å². The largest absolute Gasteiger partial charge is 0.364 e. The molecule has 0 radical (unpaired) electrons. The average molecular weight is 337 g/mol. The monoisotopic (exact) mass is 337 g/mol. The molecule has 7 nitrogen and oxygen atoms in total. The Morgan fingerprint density at radius 1 is 1.52 bits per heavy atom. The van der Waals surface area contributed by atoms with Crippen LogP contribution in [-0.2, 0) is 4.79 Å². The number of hydrogen-bond donors (Lipinski definition) is 2. The summed E-state index contributed by atoms with van der Waals surface area (Å²) in [7, 11) is 1.91. The lowest BCUT2D eigenvalue weighted by atomic mass is 9.83. The minimum absolute atomic E-state index is 0.278. The summed E-state index contributed by atoms with van der Waals surface area (Å²) in [6, 6.07) is 0.330. The zero-order valence-corrected chi connectivity index (χ0v) is 14.1. The molecule has 0 aromatic carbocycles. The van der Waals surface area contributed by atoms with Gasteiger partial charge in [0.25, 0.3) is 5.91 Å². The number of amides is 2. The molecule has 3 N–H and O–H groups in total. The smallest absolute Gasteiger partial charge is 0.268 e. The zero-order chi connectivity index (χ0) is 16.4. The summed E-state index contributed by atoms with van der Waals surface area (Å²) in [4.78, 5) is 32.0. The first-order chi connectivity index (χ1) is 11.1. The maximum Gasteiger partial charge on any atom is 0.268 e. The highest BCUT2D eigenvalue weighted by Gasteiger charge is 2.39. The van der Waals surface area contributed by atoms with Crippen LogP contribution < -0.4 is 16.0 Å². The van der Waals surface area contributed by atoms with Crippen LogP contribution in [0.2, 0.25) is 0 Å². The molecule has 126 valence electrons. The molecule has 2 aliphatic rings. The van der Waals surface area contributed by atoms with Crippen molar-refractivity contribution in [2.45, 2.75) is 25.3 Å². The Kier molecular flexibility index (Phi) is 4.82. The number of carbonyl (C=O) groups excluding carboxylic acids is 2. The van der Waals surface area contributed by atoms with E-state index >= 15 is 0 Å². The number of rotatable bonds is 5. The van der Waals surface area contributed by atoms with Crippen molar-refractivity contribution in [2.75, 3.05) is 38.1 Å². The SMILES string of the molecule is CNCCN1C(=O)CC[C@H]2CN(c3nc(C(N)=O)cs3)CC[C@H]21. The molecule has 2 aliphatic heterocycles. The first-order valence-electron chi connectivity index (χ1n) is 8.04. The van der Waals surface area contributed by atoms with Gasteiger partial charge in [0.1, 0.15) is 5.69 Å². The van der Waals surface area contributed by atoms with Crippen molar-refractivity contribution in [1.29, 1.82) is 0 Å². The molecule has 23 heavy (non-hydrogen) atoms. The number of likely N-dealkylation sites (N-methyl/N-ethyl adjacent to an activating group) is 1. The molecule has 0 aliphatic carbocycles. The summed E-state index contributed by atoms with van der Waals surface area (Å²) < 4.78 is 0. The van der Waals surface area contributed by atoms with Crippen molar-refractivity contribution in [2.24, 2.45) is 11.7 Å². The Hall–Kier alpha value is -1.67. The number of nitrogens with zero attached hydrogens (tertiary/aromatic N) is 3. The lowest BCUT2D eigenvalue weighted by Gasteiger charge is -2.47. The van der Waals surface area contributed by atoms with Crippen molar-refractivity contribution in [1.82, 2.24) is 15.2 Å². The number of likely N-dealkylation sites (tertiary alicyclic amines) is 1. The summed E-state index contributed by atoms with van der Waals surface area (Å²) in [5.41, 5.74) is 5.61. The zero-order valence-electron chi connectivity index (χ0n) is 13.3. The van der Waals surface area contributed by atoms with Gasteiger partial charge in [-0.1, -0.05) is 0 Å². The van der Waals surface area contributed by atoms with Gasteiger partial charge in [-0.2, -0.15) is 0 Å². The molecule has 3 heterocycles. The summed E-state index contributed by atoms with van der Waals surface area (Å²) in [6.45, 7) is 3.35. The lowest BCUT2D eigenvalue weighted by molar-refractivity contribution is -0.139. The summed E-state index contributed by atoms with van der Waals surface area (Å²) in [6.07, 6.45) is 2.51. The Morgan fingerprint density at radius 3 is 3.04 bits per heavy atom. The number of anilines is 1. The van der Waals surface area contributed by atoms with Crippen LogP contribution in [0.4, 0.5) is 5.13 Å². The molecule has 2 amide bonds. The van der Waals surface area contributed by atoms with Gasteiger partial charge in [0, 0.05) is 44.0 Å². The third-order valence-electron chi connectivity index (χ3n) is 4.76. The van der Waals surface area contributed by atoms with E-state index in [1.54, 1.807) is 5.38 Å². The predicted molar refractivity (Wildman–Crippen MR) is 89.6 cm³/mol. The second-order valence-electron chi connectivity index (χ2n) is 6.17. The number of nitrogens with one attached hydrogen (secondary N) is 1. The number of fused-ring (bicyclic) bond motifs is 1. The van der Waals surface area contributed by atoms with Gasteiger partial charge in [0.05, 0.1) is 0 Å². The van der Waals surface area contributed by atoms with Crippen molar-refractivity contribution in [3.05, 3.63) is 11.1 Å². The van der Waals surface area contributed by atoms with Crippen LogP contribution >= 0.6 is 11.3 Å². The normalized spacial score (nSPS) is 24.7. The highest BCUT2D eigenvalue weighted by atomic mass is 32.1. The van der Waals surface area contributed by atoms with Gasteiger partial charge in [-0.05, 0) is 25.8 Å². The Labute approximate surface area is 139 Å². The average Bonchev–Trinajstić information content (AvgIpc) is 3.04. The van der Waals surface area contributed by atoms with Gasteiger partial charge < -0.3 is 20.9 Å². The molecule has 0 unspecified atom stereocenters. The molecule has 2 fully saturated rings. The molecule has 0 bridgehead atoms. The molecule has 8 heteroatoms. The Bertz CT molecular complexity index is 590. The van der Waals surface area contributed by atoms with E-state index in [1.807, 2.05) is 7.05 Å². The third-order valence-corrected chi connectivity index (χ3v) is 5.66. The van der Waals surface area contributed by atoms with Crippen LogP contribution in [0.3, 0.4) is 0 Å². The van der Waals surface area contributed by atoms with Crippen LogP contribution in [0, 0.1) is 5.92 Å². The molecule has 1 aromatic rings. The molecule has 2 atom stereocenters. The van der Waals surface area contributed by atoms with Gasteiger partial charge >= 0.3 is 0 Å².